The van der Waals surface area contributed by atoms with Gasteiger partial charge in [0.1, 0.15) is 48.3 Å². The molecule has 27 heteroatoms. The second-order valence-corrected chi connectivity index (χ2v) is 18.4. The summed E-state index contributed by atoms with van der Waals surface area (Å²) < 4.78 is 34.8. The second-order valence-electron chi connectivity index (χ2n) is 17.2. The fourth-order valence-corrected chi connectivity index (χ4v) is 9.62. The third-order valence-electron chi connectivity index (χ3n) is 12.0. The van der Waals surface area contributed by atoms with E-state index in [9.17, 15) is 34.2 Å². The van der Waals surface area contributed by atoms with Crippen LogP contribution in [0.15, 0.2) is 35.3 Å². The number of thioether (sulfide) groups is 1. The van der Waals surface area contributed by atoms with Crippen LogP contribution in [0.25, 0.3) is 6.08 Å². The molecule has 384 valence electrons. The van der Waals surface area contributed by atoms with Crippen molar-refractivity contribution in [2.24, 2.45) is 27.9 Å². The van der Waals surface area contributed by atoms with Crippen LogP contribution in [0.4, 0.5) is 19.2 Å². The smallest absolute Gasteiger partial charge is 0.407 e. The molecule has 8 amide bonds. The monoisotopic (exact) mass is 993 g/mol. The highest BCUT2D eigenvalue weighted by Crippen LogP contribution is 2.29. The van der Waals surface area contributed by atoms with Gasteiger partial charge < -0.3 is 104 Å². The van der Waals surface area contributed by atoms with Crippen LogP contribution >= 0.6 is 11.8 Å². The maximum atomic E-state index is 13.5. The van der Waals surface area contributed by atoms with Gasteiger partial charge in [-0.15, -0.1) is 0 Å². The summed E-state index contributed by atoms with van der Waals surface area (Å²) in [6.45, 7) is 4.42. The summed E-state index contributed by atoms with van der Waals surface area (Å²) in [6.07, 6.45) is -1.98. The summed E-state index contributed by atoms with van der Waals surface area (Å²) >= 11 is 2.03. The Morgan fingerprint density at radius 1 is 0.855 bits per heavy atom. The third-order valence-corrected chi connectivity index (χ3v) is 13.1. The average Bonchev–Trinajstić information content (AvgIpc) is 3.70. The van der Waals surface area contributed by atoms with Crippen LogP contribution in [0.2, 0.25) is 0 Å². The number of unbranched alkanes of at least 4 members (excludes halogenated alkanes) is 1. The van der Waals surface area contributed by atoms with Gasteiger partial charge >= 0.3 is 24.2 Å². The van der Waals surface area contributed by atoms with E-state index in [4.69, 9.17) is 51.4 Å². The number of alkyl carbamates (subject to hydrolysis) is 1. The Morgan fingerprint density at radius 2 is 1.57 bits per heavy atom. The molecule has 0 bridgehead atoms. The highest BCUT2D eigenvalue weighted by molar-refractivity contribution is 7.99. The number of benzene rings is 1. The van der Waals surface area contributed by atoms with Crippen molar-refractivity contribution >= 4 is 53.9 Å². The summed E-state index contributed by atoms with van der Waals surface area (Å²) in [4.78, 5) is 65.8. The van der Waals surface area contributed by atoms with E-state index >= 15 is 0 Å². The zero-order chi connectivity index (χ0) is 49.5. The maximum Gasteiger partial charge on any atom is 0.407 e. The van der Waals surface area contributed by atoms with E-state index in [-0.39, 0.29) is 19.1 Å². The lowest BCUT2D eigenvalue weighted by atomic mass is 9.95. The van der Waals surface area contributed by atoms with Crippen LogP contribution in [0, 0.1) is 0 Å². The van der Waals surface area contributed by atoms with Gasteiger partial charge in [0.05, 0.1) is 31.4 Å². The quantitative estimate of drug-likeness (QED) is 0.0251. The van der Waals surface area contributed by atoms with Gasteiger partial charge in [-0.1, -0.05) is 12.1 Å². The summed E-state index contributed by atoms with van der Waals surface area (Å²) in [7, 11) is 0. The number of aliphatic hydroxyl groups is 2. The minimum absolute atomic E-state index is 0.126. The molecule has 18 N–H and O–H groups in total. The normalized spacial score (nSPS) is 31.3. The Kier molecular flexibility index (Phi) is 20.0. The zero-order valence-electron chi connectivity index (χ0n) is 38.3. The molecule has 1 aromatic carbocycles. The SMILES string of the molecule is C[C@H]1O[C@H](Oc2ccc(/C=C/C(=O)NCCCNCCCCNC3CCSCC3)cc2)[C@H](N=C(N)N)[C@@H](O)[C@@H]1NC(=O)N[C@H]1OC[C@@H](O[C@@H]2OC[C@H]3OC(=O)N[C@@H]3[C@H]2NC(N)=O)[C@H](O)[C@H]1NC(N)=O. The lowest BCUT2D eigenvalue weighted by Crippen LogP contribution is -2.70. The number of carbonyl (C=O) groups is 5. The molecule has 5 saturated heterocycles. The Labute approximate surface area is 403 Å². The number of hydrogen-bond donors (Lipinski definition) is 14. The van der Waals surface area contributed by atoms with E-state index < -0.39 is 110 Å². The molecule has 0 aromatic heterocycles. The lowest BCUT2D eigenvalue weighted by Gasteiger charge is -2.44. The number of nitrogens with two attached hydrogens (primary N) is 4. The van der Waals surface area contributed by atoms with Gasteiger partial charge in [-0.3, -0.25) is 4.79 Å². The van der Waals surface area contributed by atoms with Gasteiger partial charge in [0.15, 0.2) is 18.5 Å². The van der Waals surface area contributed by atoms with Crippen molar-refractivity contribution in [1.82, 2.24) is 42.5 Å². The van der Waals surface area contributed by atoms with Gasteiger partial charge in [0.25, 0.3) is 0 Å². The van der Waals surface area contributed by atoms with E-state index in [0.717, 1.165) is 38.9 Å². The van der Waals surface area contributed by atoms with Crippen molar-refractivity contribution in [1.29, 1.82) is 0 Å². The molecular weight excluding hydrogens is 927 g/mol. The number of aliphatic imine (C=N–C) groups is 1. The number of ether oxygens (including phenoxy) is 6. The standard InChI is InChI=1S/C42H67N13O13S/c1-21-28(53-41(61)55-35-31(52-40(46)60)33(57)26(20-63-35)67-36-30(51-39(45)59)29-25(19-64-36)68-42(62)54-29)34(58)32(50-38(43)44)37(65-21)66-24-8-5-22(6-9-24)7-10-27(56)49-16-4-14-47-13-2-3-15-48-23-11-17-69-18-12-23/h5-10,21,23,25-26,28-37,47-48,57-58H,2-4,11-20H2,1H3,(H,49,56)(H,54,62)(H4,43,44,50)(H3,45,51,59)(H3,46,52,60)(H2,53,55,61)/b10-7+/t21-,25-,26-,28-,29+,30-,31-,32-,33+,34+,35+,36+,37-/m1/s1. The molecule has 69 heavy (non-hydrogen) atoms. The van der Waals surface area contributed by atoms with Crippen LogP contribution in [0.3, 0.4) is 0 Å². The number of nitrogens with zero attached hydrogens (tertiary/aromatic N) is 1. The first-order chi connectivity index (χ1) is 33.1. The fourth-order valence-electron chi connectivity index (χ4n) is 8.52. The van der Waals surface area contributed by atoms with Crippen LogP contribution in [-0.4, -0.2) is 183 Å². The van der Waals surface area contributed by atoms with Crippen molar-refractivity contribution in [2.75, 3.05) is 50.9 Å². The molecule has 1 aromatic rings. The minimum atomic E-state index is -1.60. The topological polar surface area (TPSA) is 394 Å². The minimum Gasteiger partial charge on any atom is -0.462 e. The number of rotatable bonds is 21. The summed E-state index contributed by atoms with van der Waals surface area (Å²) in [5, 5.41) is 45.3. The van der Waals surface area contributed by atoms with Crippen LogP contribution < -0.4 is 70.2 Å². The van der Waals surface area contributed by atoms with Crippen molar-refractivity contribution in [3.8, 4) is 5.75 Å². The fraction of sp³-hybridized carbons (Fsp3) is 0.667. The van der Waals surface area contributed by atoms with Crippen molar-refractivity contribution in [3.63, 3.8) is 0 Å². The molecule has 0 spiro atoms. The predicted octanol–water partition coefficient (Wildman–Crippen LogP) is -3.14. The second kappa shape index (κ2) is 26.0. The van der Waals surface area contributed by atoms with E-state index in [0.29, 0.717) is 23.9 Å². The van der Waals surface area contributed by atoms with Crippen molar-refractivity contribution < 1.29 is 62.6 Å². The van der Waals surface area contributed by atoms with E-state index in [1.807, 2.05) is 11.8 Å². The third kappa shape index (κ3) is 15.8. The molecule has 0 saturated carbocycles. The van der Waals surface area contributed by atoms with Crippen LogP contribution in [-0.2, 0) is 28.5 Å². The molecular formula is C42H67N13O13S. The number of fused-ring (bicyclic) bond motifs is 1. The average molecular weight is 994 g/mol. The van der Waals surface area contributed by atoms with Crippen LogP contribution in [0.5, 0.6) is 5.75 Å². The number of primary amides is 2. The Morgan fingerprint density at radius 3 is 2.29 bits per heavy atom. The van der Waals surface area contributed by atoms with Gasteiger partial charge in [0, 0.05) is 18.7 Å². The van der Waals surface area contributed by atoms with E-state index in [2.05, 4.69) is 47.5 Å². The largest absolute Gasteiger partial charge is 0.462 e. The van der Waals surface area contributed by atoms with Gasteiger partial charge in [-0.05, 0) is 93.9 Å². The first-order valence-corrected chi connectivity index (χ1v) is 24.2. The first-order valence-electron chi connectivity index (χ1n) is 23.0. The van der Waals surface area contributed by atoms with Crippen LogP contribution in [0.1, 0.15) is 44.6 Å². The van der Waals surface area contributed by atoms with E-state index in [1.54, 1.807) is 37.3 Å². The number of aliphatic hydroxyl groups excluding tert-OH is 2. The molecule has 0 aliphatic carbocycles. The Bertz CT molecular complexity index is 1930. The Balaban J connectivity index is 0.947. The van der Waals surface area contributed by atoms with Crippen molar-refractivity contribution in [3.05, 3.63) is 35.9 Å². The van der Waals surface area contributed by atoms with Gasteiger partial charge in [0.2, 0.25) is 12.2 Å². The van der Waals surface area contributed by atoms with Crippen molar-refractivity contribution in [2.45, 2.75) is 125 Å². The predicted molar refractivity (Wildman–Crippen MR) is 250 cm³/mol. The molecule has 0 radical (unpaired) electrons. The molecule has 6 rings (SSSR count). The lowest BCUT2D eigenvalue weighted by molar-refractivity contribution is -0.260. The molecule has 5 aliphatic rings. The highest BCUT2D eigenvalue weighted by atomic mass is 32.2. The molecule has 5 aliphatic heterocycles. The number of hydrogen-bond acceptors (Lipinski definition) is 17. The zero-order valence-corrected chi connectivity index (χ0v) is 39.1. The highest BCUT2D eigenvalue weighted by Gasteiger charge is 2.51. The molecule has 5 heterocycles. The summed E-state index contributed by atoms with van der Waals surface area (Å²) in [5.41, 5.74) is 22.9. The Hall–Kier alpha value is -5.39. The summed E-state index contributed by atoms with van der Waals surface area (Å²) in [6, 6.07) is -1.22. The molecule has 26 nitrogen and oxygen atoms in total. The molecule has 5 fully saturated rings. The van der Waals surface area contributed by atoms with Gasteiger partial charge in [-0.25, -0.2) is 24.2 Å². The van der Waals surface area contributed by atoms with Gasteiger partial charge in [-0.2, -0.15) is 11.8 Å². The van der Waals surface area contributed by atoms with E-state index in [1.165, 1.54) is 30.4 Å². The number of guanidine groups is 1. The molecule has 13 atom stereocenters. The maximum absolute atomic E-state index is 13.5. The summed E-state index contributed by atoms with van der Waals surface area (Å²) in [5.74, 6) is 2.22. The number of carbonyl (C=O) groups excluding carboxylic acids is 5. The number of nitrogens with one attached hydrogen (secondary N) is 8. The molecule has 0 unspecified atom stereocenters. The number of urea groups is 3. The number of amides is 8. The first kappa shape index (κ1) is 53.0.